The minimum absolute atomic E-state index is 0.0342. The van der Waals surface area contributed by atoms with Gasteiger partial charge >= 0.3 is 0 Å². The number of carbonyl (C=O) groups is 2. The zero-order valence-electron chi connectivity index (χ0n) is 18.7. The normalized spacial score (nSPS) is 15.0. The predicted molar refractivity (Wildman–Crippen MR) is 123 cm³/mol. The Morgan fingerprint density at radius 3 is 2.74 bits per heavy atom. The number of carbonyl (C=O) groups excluding carboxylic acids is 2. The SMILES string of the molecule is CCOc1cc2c(cc1C=CC(=O)Nc1ccc(C)c(C(=O)NC(C)C)c1)OC(C)C2. The first-order valence-corrected chi connectivity index (χ1v) is 10.6. The Labute approximate surface area is 183 Å². The number of nitrogens with one attached hydrogen (secondary N) is 2. The monoisotopic (exact) mass is 422 g/mol. The van der Waals surface area contributed by atoms with Crippen LogP contribution in [0, 0.1) is 6.92 Å². The topological polar surface area (TPSA) is 76.7 Å². The highest BCUT2D eigenvalue weighted by Crippen LogP contribution is 2.35. The molecule has 6 nitrogen and oxygen atoms in total. The third kappa shape index (κ3) is 5.66. The van der Waals surface area contributed by atoms with Gasteiger partial charge in [-0.1, -0.05) is 6.07 Å². The van der Waals surface area contributed by atoms with Crippen molar-refractivity contribution in [2.45, 2.75) is 53.2 Å². The Morgan fingerprint density at radius 1 is 1.26 bits per heavy atom. The highest BCUT2D eigenvalue weighted by atomic mass is 16.5. The molecule has 6 heteroatoms. The number of anilines is 1. The van der Waals surface area contributed by atoms with Crippen LogP contribution in [0.5, 0.6) is 11.5 Å². The van der Waals surface area contributed by atoms with E-state index in [0.29, 0.717) is 17.9 Å². The highest BCUT2D eigenvalue weighted by molar-refractivity contribution is 6.03. The van der Waals surface area contributed by atoms with Gasteiger partial charge in [-0.15, -0.1) is 0 Å². The van der Waals surface area contributed by atoms with Crippen molar-refractivity contribution in [3.63, 3.8) is 0 Å². The summed E-state index contributed by atoms with van der Waals surface area (Å²) in [6.45, 7) is 10.2. The van der Waals surface area contributed by atoms with Gasteiger partial charge in [0.1, 0.15) is 17.6 Å². The molecule has 2 amide bonds. The molecule has 0 fully saturated rings. The zero-order chi connectivity index (χ0) is 22.5. The molecule has 1 unspecified atom stereocenters. The molecule has 2 aromatic carbocycles. The lowest BCUT2D eigenvalue weighted by molar-refractivity contribution is -0.111. The van der Waals surface area contributed by atoms with Crippen LogP contribution >= 0.6 is 0 Å². The first kappa shape index (κ1) is 22.4. The fraction of sp³-hybridized carbons (Fsp3) is 0.360. The van der Waals surface area contributed by atoms with Gasteiger partial charge in [0.2, 0.25) is 5.91 Å². The molecule has 0 bridgehead atoms. The Morgan fingerprint density at radius 2 is 2.03 bits per heavy atom. The summed E-state index contributed by atoms with van der Waals surface area (Å²) >= 11 is 0. The Hall–Kier alpha value is -3.28. The molecule has 0 spiro atoms. The van der Waals surface area contributed by atoms with Crippen molar-refractivity contribution in [3.8, 4) is 11.5 Å². The minimum atomic E-state index is -0.295. The number of hydrogen-bond acceptors (Lipinski definition) is 4. The molecule has 0 aliphatic carbocycles. The predicted octanol–water partition coefficient (Wildman–Crippen LogP) is 4.51. The molecule has 2 aromatic rings. The Balaban J connectivity index is 1.75. The first-order chi connectivity index (χ1) is 14.8. The fourth-order valence-corrected chi connectivity index (χ4v) is 3.50. The smallest absolute Gasteiger partial charge is 0.251 e. The molecule has 1 aliphatic heterocycles. The molecule has 1 heterocycles. The lowest BCUT2D eigenvalue weighted by atomic mass is 10.1. The van der Waals surface area contributed by atoms with E-state index in [0.717, 1.165) is 34.6 Å². The largest absolute Gasteiger partial charge is 0.493 e. The van der Waals surface area contributed by atoms with E-state index in [-0.39, 0.29) is 24.0 Å². The average Bonchev–Trinajstić information content (AvgIpc) is 3.06. The van der Waals surface area contributed by atoms with Crippen molar-refractivity contribution < 1.29 is 19.1 Å². The van der Waals surface area contributed by atoms with Crippen LogP contribution in [0.3, 0.4) is 0 Å². The number of amides is 2. The number of rotatable bonds is 7. The van der Waals surface area contributed by atoms with Crippen LogP contribution < -0.4 is 20.1 Å². The molecule has 31 heavy (non-hydrogen) atoms. The van der Waals surface area contributed by atoms with Gasteiger partial charge in [0, 0.05) is 40.9 Å². The summed E-state index contributed by atoms with van der Waals surface area (Å²) in [7, 11) is 0. The maximum atomic E-state index is 12.5. The van der Waals surface area contributed by atoms with Gasteiger partial charge in [-0.2, -0.15) is 0 Å². The number of aryl methyl sites for hydroxylation is 1. The number of hydrogen-bond donors (Lipinski definition) is 2. The van der Waals surface area contributed by atoms with Crippen molar-refractivity contribution in [1.82, 2.24) is 5.32 Å². The van der Waals surface area contributed by atoms with Gasteiger partial charge in [-0.25, -0.2) is 0 Å². The van der Waals surface area contributed by atoms with Gasteiger partial charge in [-0.3, -0.25) is 9.59 Å². The summed E-state index contributed by atoms with van der Waals surface area (Å²) in [6, 6.07) is 9.22. The van der Waals surface area contributed by atoms with E-state index in [2.05, 4.69) is 10.6 Å². The highest BCUT2D eigenvalue weighted by Gasteiger charge is 2.21. The molecule has 164 valence electrons. The van der Waals surface area contributed by atoms with Crippen LogP contribution in [0.4, 0.5) is 5.69 Å². The van der Waals surface area contributed by atoms with Crippen molar-refractivity contribution >= 4 is 23.6 Å². The summed E-state index contributed by atoms with van der Waals surface area (Å²) in [5, 5.41) is 5.70. The second kappa shape index (κ2) is 9.69. The molecule has 0 saturated carbocycles. The van der Waals surface area contributed by atoms with Crippen LogP contribution in [-0.2, 0) is 11.2 Å². The molecule has 1 atom stereocenters. The van der Waals surface area contributed by atoms with Crippen LogP contribution in [0.2, 0.25) is 0 Å². The van der Waals surface area contributed by atoms with Crippen LogP contribution in [-0.4, -0.2) is 30.6 Å². The first-order valence-electron chi connectivity index (χ1n) is 10.6. The van der Waals surface area contributed by atoms with Crippen molar-refractivity contribution in [1.29, 1.82) is 0 Å². The molecule has 0 aromatic heterocycles. The van der Waals surface area contributed by atoms with E-state index in [1.165, 1.54) is 6.08 Å². The summed E-state index contributed by atoms with van der Waals surface area (Å²) in [6.07, 6.45) is 4.15. The standard InChI is InChI=1S/C25H30N2O4/c1-6-30-22-13-19-11-17(5)31-23(19)12-18(22)8-10-24(28)27-20-9-7-16(4)21(14-20)25(29)26-15(2)3/h7-10,12-15,17H,6,11H2,1-5H3,(H,26,29)(H,27,28). The summed E-state index contributed by atoms with van der Waals surface area (Å²) < 4.78 is 11.6. The Kier molecular flexibility index (Phi) is 7.00. The van der Waals surface area contributed by atoms with Gasteiger partial charge in [0.25, 0.3) is 5.91 Å². The number of benzene rings is 2. The zero-order valence-corrected chi connectivity index (χ0v) is 18.7. The minimum Gasteiger partial charge on any atom is -0.493 e. The summed E-state index contributed by atoms with van der Waals surface area (Å²) in [4.78, 5) is 24.9. The van der Waals surface area contributed by atoms with E-state index in [9.17, 15) is 9.59 Å². The van der Waals surface area contributed by atoms with E-state index in [1.807, 2.05) is 52.8 Å². The molecule has 1 aliphatic rings. The average molecular weight is 423 g/mol. The van der Waals surface area contributed by atoms with Gasteiger partial charge in [-0.05, 0) is 70.5 Å². The molecule has 0 saturated heterocycles. The second-order valence-corrected chi connectivity index (χ2v) is 8.04. The number of fused-ring (bicyclic) bond motifs is 1. The molecular formula is C25H30N2O4. The quantitative estimate of drug-likeness (QED) is 0.644. The van der Waals surface area contributed by atoms with Gasteiger partial charge in [0.05, 0.1) is 6.61 Å². The van der Waals surface area contributed by atoms with Gasteiger partial charge < -0.3 is 20.1 Å². The molecular weight excluding hydrogens is 392 g/mol. The second-order valence-electron chi connectivity index (χ2n) is 8.04. The van der Waals surface area contributed by atoms with Crippen LogP contribution in [0.1, 0.15) is 54.7 Å². The van der Waals surface area contributed by atoms with Crippen molar-refractivity contribution in [2.24, 2.45) is 0 Å². The summed E-state index contributed by atoms with van der Waals surface area (Å²) in [5.41, 5.74) is 3.85. The third-order valence-electron chi connectivity index (χ3n) is 4.91. The maximum absolute atomic E-state index is 12.5. The lowest BCUT2D eigenvalue weighted by Gasteiger charge is -2.12. The van der Waals surface area contributed by atoms with E-state index >= 15 is 0 Å². The van der Waals surface area contributed by atoms with Crippen LogP contribution in [0.25, 0.3) is 6.08 Å². The van der Waals surface area contributed by atoms with Crippen molar-refractivity contribution in [3.05, 3.63) is 58.7 Å². The fourth-order valence-electron chi connectivity index (χ4n) is 3.50. The summed E-state index contributed by atoms with van der Waals surface area (Å²) in [5.74, 6) is 1.10. The molecule has 0 radical (unpaired) electrons. The maximum Gasteiger partial charge on any atom is 0.251 e. The number of ether oxygens (including phenoxy) is 2. The van der Waals surface area contributed by atoms with E-state index in [1.54, 1.807) is 18.2 Å². The van der Waals surface area contributed by atoms with Crippen LogP contribution in [0.15, 0.2) is 36.4 Å². The molecule has 3 rings (SSSR count). The van der Waals surface area contributed by atoms with Gasteiger partial charge in [0.15, 0.2) is 0 Å². The molecule has 2 N–H and O–H groups in total. The van der Waals surface area contributed by atoms with E-state index < -0.39 is 0 Å². The Bertz CT molecular complexity index is 1010. The van der Waals surface area contributed by atoms with E-state index in [4.69, 9.17) is 9.47 Å². The van der Waals surface area contributed by atoms with Crippen molar-refractivity contribution in [2.75, 3.05) is 11.9 Å². The third-order valence-corrected chi connectivity index (χ3v) is 4.91. The lowest BCUT2D eigenvalue weighted by Crippen LogP contribution is -2.30.